The summed E-state index contributed by atoms with van der Waals surface area (Å²) in [4.78, 5) is 23.4. The van der Waals surface area contributed by atoms with Gasteiger partial charge in [0.1, 0.15) is 0 Å². The first kappa shape index (κ1) is 17.3. The van der Waals surface area contributed by atoms with Crippen LogP contribution in [-0.4, -0.2) is 25.2 Å². The monoisotopic (exact) mass is 233 g/mol. The minimum absolute atomic E-state index is 0. The number of ether oxygens (including phenoxy) is 2. The number of carbonyl (C=O) groups is 2. The molecule has 0 unspecified atom stereocenters. The third kappa shape index (κ3) is 3.48. The summed E-state index contributed by atoms with van der Waals surface area (Å²) >= 11 is 0. The molecule has 0 saturated heterocycles. The summed E-state index contributed by atoms with van der Waals surface area (Å²) in [5, 5.41) is 0. The van der Waals surface area contributed by atoms with Crippen LogP contribution in [0, 0.1) is 5.41 Å². The van der Waals surface area contributed by atoms with Crippen LogP contribution < -0.4 is 6.15 Å². The highest BCUT2D eigenvalue weighted by Crippen LogP contribution is 2.29. The zero-order valence-corrected chi connectivity index (χ0v) is 10.7. The molecular weight excluding hydrogens is 210 g/mol. The molecule has 0 radical (unpaired) electrons. The van der Waals surface area contributed by atoms with Gasteiger partial charge in [-0.1, -0.05) is 13.8 Å². The zero-order chi connectivity index (χ0) is 11.9. The molecule has 0 aliphatic rings. The predicted octanol–water partition coefficient (Wildman–Crippen LogP) is 2.08. The minimum Gasteiger partial charge on any atom is -0.465 e. The van der Waals surface area contributed by atoms with Crippen molar-refractivity contribution in [2.45, 2.75) is 40.5 Å². The lowest BCUT2D eigenvalue weighted by Gasteiger charge is -2.26. The van der Waals surface area contributed by atoms with Crippen molar-refractivity contribution in [3.8, 4) is 0 Å². The molecule has 0 aliphatic carbocycles. The van der Waals surface area contributed by atoms with Gasteiger partial charge in [-0.2, -0.15) is 0 Å². The summed E-state index contributed by atoms with van der Waals surface area (Å²) in [6.07, 6.45) is 0.808. The molecule has 0 heterocycles. The van der Waals surface area contributed by atoms with Crippen LogP contribution in [0.5, 0.6) is 0 Å². The number of rotatable bonds is 6. The van der Waals surface area contributed by atoms with Crippen molar-refractivity contribution in [2.75, 3.05) is 13.2 Å². The quantitative estimate of drug-likeness (QED) is 0.560. The molecule has 0 aliphatic heterocycles. The standard InChI is InChI=1S/C11H20O4.H3N/c1-5-11(6-2,9(12)14-7-3)10(13)15-8-4;/h5-8H2,1-4H3;1H3. The van der Waals surface area contributed by atoms with Crippen molar-refractivity contribution in [3.05, 3.63) is 0 Å². The highest BCUT2D eigenvalue weighted by atomic mass is 16.6. The van der Waals surface area contributed by atoms with Crippen molar-refractivity contribution >= 4 is 11.9 Å². The fourth-order valence-electron chi connectivity index (χ4n) is 1.45. The van der Waals surface area contributed by atoms with Gasteiger partial charge in [-0.05, 0) is 26.7 Å². The lowest BCUT2D eigenvalue weighted by molar-refractivity contribution is -0.172. The Kier molecular flexibility index (Phi) is 8.76. The van der Waals surface area contributed by atoms with E-state index in [2.05, 4.69) is 0 Å². The number of carbonyl (C=O) groups excluding carboxylic acids is 2. The van der Waals surface area contributed by atoms with Crippen LogP contribution >= 0.6 is 0 Å². The largest absolute Gasteiger partial charge is 0.465 e. The van der Waals surface area contributed by atoms with Gasteiger partial charge in [0.2, 0.25) is 0 Å². The number of esters is 2. The first-order chi connectivity index (χ1) is 7.08. The van der Waals surface area contributed by atoms with Gasteiger partial charge in [0.25, 0.3) is 0 Å². The van der Waals surface area contributed by atoms with Crippen LogP contribution in [0.25, 0.3) is 0 Å². The highest BCUT2D eigenvalue weighted by molar-refractivity contribution is 5.99. The van der Waals surface area contributed by atoms with Gasteiger partial charge < -0.3 is 15.6 Å². The minimum atomic E-state index is -1.12. The Morgan fingerprint density at radius 2 is 1.19 bits per heavy atom. The molecular formula is C11H23NO4. The van der Waals surface area contributed by atoms with E-state index >= 15 is 0 Å². The Hall–Kier alpha value is -1.10. The molecule has 0 fully saturated rings. The molecule has 5 nitrogen and oxygen atoms in total. The Bertz CT molecular complexity index is 204. The van der Waals surface area contributed by atoms with Gasteiger partial charge in [0.05, 0.1) is 13.2 Å². The maximum absolute atomic E-state index is 11.7. The van der Waals surface area contributed by atoms with Crippen molar-refractivity contribution in [2.24, 2.45) is 5.41 Å². The van der Waals surface area contributed by atoms with E-state index in [0.29, 0.717) is 12.8 Å². The average Bonchev–Trinajstić information content (AvgIpc) is 2.21. The van der Waals surface area contributed by atoms with Gasteiger partial charge >= 0.3 is 11.9 Å². The maximum atomic E-state index is 11.7. The summed E-state index contributed by atoms with van der Waals surface area (Å²) in [5.41, 5.74) is -1.12. The van der Waals surface area contributed by atoms with Gasteiger partial charge in [0.15, 0.2) is 5.41 Å². The average molecular weight is 233 g/mol. The van der Waals surface area contributed by atoms with Crippen LogP contribution in [0.4, 0.5) is 0 Å². The summed E-state index contributed by atoms with van der Waals surface area (Å²) in [6.45, 7) is 7.58. The Morgan fingerprint density at radius 3 is 1.38 bits per heavy atom. The fraction of sp³-hybridized carbons (Fsp3) is 0.818. The van der Waals surface area contributed by atoms with Crippen LogP contribution in [0.2, 0.25) is 0 Å². The molecule has 0 spiro atoms. The van der Waals surface area contributed by atoms with Crippen LogP contribution in [0.3, 0.4) is 0 Å². The van der Waals surface area contributed by atoms with Crippen molar-refractivity contribution < 1.29 is 19.1 Å². The second-order valence-electron chi connectivity index (χ2n) is 3.23. The zero-order valence-electron chi connectivity index (χ0n) is 10.7. The molecule has 0 saturated carbocycles. The van der Waals surface area contributed by atoms with Crippen LogP contribution in [-0.2, 0) is 19.1 Å². The molecule has 3 N–H and O–H groups in total. The lowest BCUT2D eigenvalue weighted by Crippen LogP contribution is -2.41. The molecule has 0 amide bonds. The second-order valence-corrected chi connectivity index (χ2v) is 3.23. The van der Waals surface area contributed by atoms with E-state index in [1.165, 1.54) is 0 Å². The van der Waals surface area contributed by atoms with Crippen molar-refractivity contribution in [1.82, 2.24) is 6.15 Å². The van der Waals surface area contributed by atoms with E-state index in [-0.39, 0.29) is 19.4 Å². The third-order valence-corrected chi connectivity index (χ3v) is 2.54. The predicted molar refractivity (Wildman–Crippen MR) is 61.3 cm³/mol. The molecule has 0 atom stereocenters. The fourth-order valence-corrected chi connectivity index (χ4v) is 1.45. The van der Waals surface area contributed by atoms with Gasteiger partial charge in [-0.25, -0.2) is 0 Å². The molecule has 0 aromatic heterocycles. The van der Waals surface area contributed by atoms with E-state index in [4.69, 9.17) is 9.47 Å². The molecule has 96 valence electrons. The first-order valence-electron chi connectivity index (χ1n) is 5.43. The van der Waals surface area contributed by atoms with Gasteiger partial charge in [-0.15, -0.1) is 0 Å². The topological polar surface area (TPSA) is 87.6 Å². The summed E-state index contributed by atoms with van der Waals surface area (Å²) in [7, 11) is 0. The number of hydrogen-bond acceptors (Lipinski definition) is 5. The molecule has 0 aromatic rings. The molecule has 5 heteroatoms. The Morgan fingerprint density at radius 1 is 0.875 bits per heavy atom. The molecule has 16 heavy (non-hydrogen) atoms. The molecule has 0 rings (SSSR count). The Labute approximate surface area is 97.1 Å². The summed E-state index contributed by atoms with van der Waals surface area (Å²) in [5.74, 6) is -0.957. The highest BCUT2D eigenvalue weighted by Gasteiger charge is 2.45. The van der Waals surface area contributed by atoms with Gasteiger partial charge in [0, 0.05) is 0 Å². The summed E-state index contributed by atoms with van der Waals surface area (Å²) < 4.78 is 9.83. The first-order valence-corrected chi connectivity index (χ1v) is 5.43. The number of hydrogen-bond donors (Lipinski definition) is 1. The van der Waals surface area contributed by atoms with E-state index in [0.717, 1.165) is 0 Å². The van der Waals surface area contributed by atoms with E-state index < -0.39 is 17.4 Å². The maximum Gasteiger partial charge on any atom is 0.323 e. The van der Waals surface area contributed by atoms with Crippen molar-refractivity contribution in [1.29, 1.82) is 0 Å². The molecule has 0 aromatic carbocycles. The van der Waals surface area contributed by atoms with Crippen LogP contribution in [0.1, 0.15) is 40.5 Å². The second kappa shape index (κ2) is 8.10. The SMILES string of the molecule is CCOC(=O)C(CC)(CC)C(=O)OCC.N. The van der Waals surface area contributed by atoms with Crippen LogP contribution in [0.15, 0.2) is 0 Å². The smallest absolute Gasteiger partial charge is 0.323 e. The normalized spacial score (nSPS) is 10.2. The van der Waals surface area contributed by atoms with Crippen molar-refractivity contribution in [3.63, 3.8) is 0 Å². The third-order valence-electron chi connectivity index (χ3n) is 2.54. The Balaban J connectivity index is 0. The van der Waals surface area contributed by atoms with E-state index in [1.54, 1.807) is 27.7 Å². The van der Waals surface area contributed by atoms with E-state index in [1.807, 2.05) is 0 Å². The van der Waals surface area contributed by atoms with E-state index in [9.17, 15) is 9.59 Å². The molecule has 0 bridgehead atoms. The lowest BCUT2D eigenvalue weighted by atomic mass is 9.82. The van der Waals surface area contributed by atoms with Gasteiger partial charge in [-0.3, -0.25) is 9.59 Å². The summed E-state index contributed by atoms with van der Waals surface area (Å²) in [6, 6.07) is 0.